The molecule has 0 atom stereocenters. The second kappa shape index (κ2) is 10.2. The third kappa shape index (κ3) is 5.70. The van der Waals surface area contributed by atoms with E-state index in [1.807, 2.05) is 13.8 Å². The first-order valence-electron chi connectivity index (χ1n) is 10.0. The van der Waals surface area contributed by atoms with Gasteiger partial charge in [0.25, 0.3) is 0 Å². The van der Waals surface area contributed by atoms with Crippen LogP contribution in [0.2, 0.25) is 5.02 Å². The molecule has 8 nitrogen and oxygen atoms in total. The van der Waals surface area contributed by atoms with E-state index in [2.05, 4.69) is 16.4 Å². The van der Waals surface area contributed by atoms with Crippen LogP contribution in [0.15, 0.2) is 30.5 Å². The first-order valence-corrected chi connectivity index (χ1v) is 10.4. The van der Waals surface area contributed by atoms with Crippen molar-refractivity contribution in [2.75, 3.05) is 25.5 Å². The summed E-state index contributed by atoms with van der Waals surface area (Å²) in [5.41, 5.74) is 1.07. The summed E-state index contributed by atoms with van der Waals surface area (Å²) in [5.74, 6) is 1.45. The molecule has 3 rings (SSSR count). The molecule has 1 saturated heterocycles. The number of methoxy groups -OCH3 is 1. The van der Waals surface area contributed by atoms with Crippen molar-refractivity contribution in [2.24, 2.45) is 0 Å². The van der Waals surface area contributed by atoms with Gasteiger partial charge in [0.15, 0.2) is 11.6 Å². The van der Waals surface area contributed by atoms with Crippen molar-refractivity contribution in [3.05, 3.63) is 41.0 Å². The lowest BCUT2D eigenvalue weighted by molar-refractivity contribution is 0.0511. The number of likely N-dealkylation sites (tertiary alicyclic amines) is 1. The summed E-state index contributed by atoms with van der Waals surface area (Å²) < 4.78 is 17.0. The summed E-state index contributed by atoms with van der Waals surface area (Å²) in [7, 11) is 1.54. The van der Waals surface area contributed by atoms with Gasteiger partial charge < -0.3 is 24.4 Å². The summed E-state index contributed by atoms with van der Waals surface area (Å²) >= 11 is 6.26. The number of aromatic nitrogens is 1. The molecule has 0 saturated carbocycles. The molecule has 0 aliphatic carbocycles. The number of piperidine rings is 1. The second-order valence-corrected chi connectivity index (χ2v) is 7.77. The van der Waals surface area contributed by atoms with Gasteiger partial charge in [-0.05, 0) is 32.0 Å². The molecule has 2 heterocycles. The van der Waals surface area contributed by atoms with Crippen LogP contribution < -0.4 is 14.8 Å². The molecule has 0 radical (unpaired) electrons. The molecule has 164 valence electrons. The molecule has 1 aliphatic rings. The molecular weight excluding hydrogens is 420 g/mol. The number of hydrogen-bond acceptors (Lipinski definition) is 7. The number of rotatable bonds is 6. The molecule has 9 heteroatoms. The van der Waals surface area contributed by atoms with Crippen LogP contribution in [0.3, 0.4) is 0 Å². The zero-order valence-corrected chi connectivity index (χ0v) is 18.5. The maximum Gasteiger partial charge on any atom is 0.410 e. The Balaban J connectivity index is 1.68. The average molecular weight is 445 g/mol. The van der Waals surface area contributed by atoms with Gasteiger partial charge >= 0.3 is 6.09 Å². The first-order chi connectivity index (χ1) is 14.9. The van der Waals surface area contributed by atoms with Gasteiger partial charge in [0.2, 0.25) is 5.75 Å². The Bertz CT molecular complexity index is 968. The van der Waals surface area contributed by atoms with E-state index in [9.17, 15) is 4.79 Å². The lowest BCUT2D eigenvalue weighted by atomic mass is 10.1. The van der Waals surface area contributed by atoms with Crippen LogP contribution in [0.5, 0.6) is 11.5 Å². The number of ether oxygens (including phenoxy) is 3. The van der Waals surface area contributed by atoms with E-state index in [4.69, 9.17) is 31.1 Å². The van der Waals surface area contributed by atoms with Crippen molar-refractivity contribution in [1.82, 2.24) is 9.88 Å². The normalized spacial score (nSPS) is 14.1. The maximum absolute atomic E-state index is 12.1. The Morgan fingerprint density at radius 1 is 1.32 bits per heavy atom. The fourth-order valence-corrected chi connectivity index (χ4v) is 3.46. The molecular formula is C22H25ClN4O4. The largest absolute Gasteiger partial charge is 0.490 e. The molecule has 1 fully saturated rings. The maximum atomic E-state index is 12.1. The lowest BCUT2D eigenvalue weighted by Crippen LogP contribution is -2.42. The molecule has 1 amide bonds. The van der Waals surface area contributed by atoms with Crippen molar-refractivity contribution in [1.29, 1.82) is 5.26 Å². The number of nitriles is 1. The van der Waals surface area contributed by atoms with Gasteiger partial charge in [0, 0.05) is 38.2 Å². The smallest absolute Gasteiger partial charge is 0.410 e. The van der Waals surface area contributed by atoms with Crippen LogP contribution in [0.25, 0.3) is 0 Å². The number of nitrogens with one attached hydrogen (secondary N) is 1. The van der Waals surface area contributed by atoms with Crippen LogP contribution in [-0.4, -0.2) is 48.4 Å². The number of pyridine rings is 1. The van der Waals surface area contributed by atoms with E-state index in [1.165, 1.54) is 0 Å². The fraction of sp³-hybridized carbons (Fsp3) is 0.409. The van der Waals surface area contributed by atoms with Gasteiger partial charge in [-0.3, -0.25) is 0 Å². The minimum atomic E-state index is -0.291. The van der Waals surface area contributed by atoms with E-state index in [-0.39, 0.29) is 18.3 Å². The summed E-state index contributed by atoms with van der Waals surface area (Å²) in [6.45, 7) is 4.80. The Morgan fingerprint density at radius 2 is 2.06 bits per heavy atom. The molecule has 0 unspecified atom stereocenters. The Kier molecular flexibility index (Phi) is 7.42. The Labute approximate surface area is 186 Å². The molecule has 0 spiro atoms. The topological polar surface area (TPSA) is 96.7 Å². The van der Waals surface area contributed by atoms with Gasteiger partial charge in [-0.25, -0.2) is 9.78 Å². The van der Waals surface area contributed by atoms with E-state index in [1.54, 1.807) is 42.5 Å². The Morgan fingerprint density at radius 3 is 2.68 bits per heavy atom. The molecule has 1 aromatic carbocycles. The molecule has 0 bridgehead atoms. The number of halogens is 1. The second-order valence-electron chi connectivity index (χ2n) is 7.36. The number of hydrogen-bond donors (Lipinski definition) is 1. The number of benzene rings is 1. The van der Waals surface area contributed by atoms with Crippen molar-refractivity contribution in [3.8, 4) is 17.6 Å². The molecule has 1 aliphatic heterocycles. The van der Waals surface area contributed by atoms with Crippen LogP contribution in [0.4, 0.5) is 16.3 Å². The van der Waals surface area contributed by atoms with Crippen molar-refractivity contribution < 1.29 is 19.0 Å². The molecule has 1 N–H and O–H groups in total. The van der Waals surface area contributed by atoms with E-state index in [0.29, 0.717) is 59.5 Å². The highest BCUT2D eigenvalue weighted by Gasteiger charge is 2.26. The van der Waals surface area contributed by atoms with Gasteiger partial charge in [-0.1, -0.05) is 11.6 Å². The van der Waals surface area contributed by atoms with Crippen LogP contribution in [0, 0.1) is 11.3 Å². The third-order valence-electron chi connectivity index (χ3n) is 4.75. The third-order valence-corrected chi connectivity index (χ3v) is 5.07. The first kappa shape index (κ1) is 22.5. The summed E-state index contributed by atoms with van der Waals surface area (Å²) in [6.07, 6.45) is 2.49. The average Bonchev–Trinajstić information content (AvgIpc) is 2.75. The quantitative estimate of drug-likeness (QED) is 0.686. The zero-order chi connectivity index (χ0) is 22.4. The predicted molar refractivity (Wildman–Crippen MR) is 117 cm³/mol. The number of nitrogens with zero attached hydrogens (tertiary/aromatic N) is 3. The van der Waals surface area contributed by atoms with Crippen LogP contribution in [-0.2, 0) is 4.74 Å². The number of anilines is 2. The number of carbonyl (C=O) groups is 1. The Hall–Kier alpha value is -3.18. The van der Waals surface area contributed by atoms with Crippen molar-refractivity contribution in [3.63, 3.8) is 0 Å². The molecule has 1 aromatic heterocycles. The highest BCUT2D eigenvalue weighted by molar-refractivity contribution is 6.33. The molecule has 31 heavy (non-hydrogen) atoms. The summed E-state index contributed by atoms with van der Waals surface area (Å²) in [4.78, 5) is 18.1. The van der Waals surface area contributed by atoms with Crippen LogP contribution >= 0.6 is 11.6 Å². The number of carbonyl (C=O) groups excluding carboxylic acids is 1. The monoisotopic (exact) mass is 444 g/mol. The van der Waals surface area contributed by atoms with E-state index in [0.717, 1.165) is 0 Å². The molecule has 2 aromatic rings. The van der Waals surface area contributed by atoms with Crippen molar-refractivity contribution >= 4 is 29.2 Å². The van der Waals surface area contributed by atoms with Crippen LogP contribution in [0.1, 0.15) is 32.3 Å². The SMILES string of the molecule is COc1c(OC2CCN(C(=O)OC(C)C)CC2)ccnc1Nc1ccc(C#N)cc1Cl. The number of amides is 1. The van der Waals surface area contributed by atoms with E-state index >= 15 is 0 Å². The highest BCUT2D eigenvalue weighted by atomic mass is 35.5. The zero-order valence-electron chi connectivity index (χ0n) is 17.7. The van der Waals surface area contributed by atoms with Gasteiger partial charge in [0.1, 0.15) is 6.10 Å². The summed E-state index contributed by atoms with van der Waals surface area (Å²) in [5, 5.41) is 12.5. The van der Waals surface area contributed by atoms with E-state index < -0.39 is 0 Å². The predicted octanol–water partition coefficient (Wildman–Crippen LogP) is 4.75. The summed E-state index contributed by atoms with van der Waals surface area (Å²) in [6, 6.07) is 8.74. The van der Waals surface area contributed by atoms with Gasteiger partial charge in [-0.2, -0.15) is 5.26 Å². The lowest BCUT2D eigenvalue weighted by Gasteiger charge is -2.32. The fourth-order valence-electron chi connectivity index (χ4n) is 3.24. The van der Waals surface area contributed by atoms with Gasteiger partial charge in [0.05, 0.1) is 35.6 Å². The minimum absolute atomic E-state index is 0.0641. The van der Waals surface area contributed by atoms with Gasteiger partial charge in [-0.15, -0.1) is 0 Å². The van der Waals surface area contributed by atoms with Crippen molar-refractivity contribution in [2.45, 2.75) is 38.9 Å². The highest BCUT2D eigenvalue weighted by Crippen LogP contribution is 2.37. The minimum Gasteiger partial charge on any atom is -0.490 e. The standard InChI is InChI=1S/C22H25ClN4O4/c1-14(2)30-22(28)27-10-7-16(8-11-27)31-19-6-9-25-21(20(19)29-3)26-18-5-4-15(13-24)12-17(18)23/h4-6,9,12,14,16H,7-8,10-11H2,1-3H3,(H,25,26).